The van der Waals surface area contributed by atoms with Crippen LogP contribution in [0.15, 0.2) is 24.3 Å². The minimum absolute atomic E-state index is 0.290. The Hall–Kier alpha value is -0.570. The van der Waals surface area contributed by atoms with Crippen LogP contribution in [-0.2, 0) is 0 Å². The quantitative estimate of drug-likeness (QED) is 0.830. The normalized spacial score (nSPS) is 24.6. The molecule has 0 aliphatic heterocycles. The van der Waals surface area contributed by atoms with E-state index in [1.54, 1.807) is 0 Å². The lowest BCUT2D eigenvalue weighted by Crippen LogP contribution is -2.42. The predicted octanol–water partition coefficient (Wildman–Crippen LogP) is 3.19. The Morgan fingerprint density at radius 2 is 2.22 bits per heavy atom. The number of aliphatic hydroxyl groups is 1. The lowest BCUT2D eigenvalue weighted by atomic mass is 9.76. The van der Waals surface area contributed by atoms with Crippen molar-refractivity contribution in [2.45, 2.75) is 38.1 Å². The van der Waals surface area contributed by atoms with Gasteiger partial charge in [0.15, 0.2) is 0 Å². The molecule has 2 nitrogen and oxygen atoms in total. The van der Waals surface area contributed by atoms with Crippen LogP contribution in [0.2, 0.25) is 5.02 Å². The van der Waals surface area contributed by atoms with E-state index in [1.165, 1.54) is 18.4 Å². The minimum atomic E-state index is 0.290. The molecule has 2 N–H and O–H groups in total. The number of hydrogen-bond acceptors (Lipinski definition) is 2. The Bertz CT molecular complexity index is 377. The monoisotopic (exact) mass is 267 g/mol. The second kappa shape index (κ2) is 6.55. The first kappa shape index (κ1) is 13.9. The summed E-state index contributed by atoms with van der Waals surface area (Å²) >= 11 is 6.00. The second-order valence-electron chi connectivity index (χ2n) is 5.45. The summed E-state index contributed by atoms with van der Waals surface area (Å²) in [5.74, 6) is 1.22. The fourth-order valence-electron chi connectivity index (χ4n) is 2.51. The van der Waals surface area contributed by atoms with Crippen molar-refractivity contribution in [2.24, 2.45) is 5.92 Å². The molecule has 1 unspecified atom stereocenters. The summed E-state index contributed by atoms with van der Waals surface area (Å²) in [5, 5.41) is 13.3. The Morgan fingerprint density at radius 3 is 2.89 bits per heavy atom. The van der Waals surface area contributed by atoms with E-state index in [9.17, 15) is 0 Å². The van der Waals surface area contributed by atoms with Gasteiger partial charge in [0.25, 0.3) is 0 Å². The molecule has 0 aromatic heterocycles. The van der Waals surface area contributed by atoms with E-state index in [4.69, 9.17) is 16.7 Å². The zero-order chi connectivity index (χ0) is 13.0. The average Bonchev–Trinajstić information content (AvgIpc) is 2.27. The van der Waals surface area contributed by atoms with Crippen LogP contribution in [0.3, 0.4) is 0 Å². The van der Waals surface area contributed by atoms with Crippen molar-refractivity contribution in [3.63, 3.8) is 0 Å². The minimum Gasteiger partial charge on any atom is -0.396 e. The number of hydrogen-bond donors (Lipinski definition) is 2. The molecular weight excluding hydrogens is 246 g/mol. The molecule has 0 radical (unpaired) electrons. The number of nitrogens with one attached hydrogen (secondary N) is 1. The van der Waals surface area contributed by atoms with Crippen molar-refractivity contribution >= 4 is 11.6 Å². The highest BCUT2D eigenvalue weighted by Gasteiger charge is 2.29. The van der Waals surface area contributed by atoms with E-state index < -0.39 is 0 Å². The van der Waals surface area contributed by atoms with Crippen LogP contribution in [0.4, 0.5) is 0 Å². The SMILES string of the molecule is CC(CCO)CNC1CC(c2cccc(Cl)c2)C1. The molecule has 1 aliphatic carbocycles. The molecule has 18 heavy (non-hydrogen) atoms. The first-order valence-corrected chi connectivity index (χ1v) is 7.16. The van der Waals surface area contributed by atoms with Gasteiger partial charge >= 0.3 is 0 Å². The van der Waals surface area contributed by atoms with E-state index in [-0.39, 0.29) is 0 Å². The fourth-order valence-corrected chi connectivity index (χ4v) is 2.71. The molecule has 100 valence electrons. The van der Waals surface area contributed by atoms with Crippen molar-refractivity contribution in [3.05, 3.63) is 34.9 Å². The molecule has 0 heterocycles. The third kappa shape index (κ3) is 3.71. The van der Waals surface area contributed by atoms with Crippen LogP contribution >= 0.6 is 11.6 Å². The van der Waals surface area contributed by atoms with Crippen LogP contribution < -0.4 is 5.32 Å². The maximum atomic E-state index is 8.85. The van der Waals surface area contributed by atoms with Gasteiger partial charge in [-0.1, -0.05) is 30.7 Å². The summed E-state index contributed by atoms with van der Waals surface area (Å²) in [6.07, 6.45) is 3.29. The summed E-state index contributed by atoms with van der Waals surface area (Å²) in [6.45, 7) is 3.47. The molecule has 0 amide bonds. The number of benzene rings is 1. The van der Waals surface area contributed by atoms with Crippen molar-refractivity contribution < 1.29 is 5.11 Å². The Balaban J connectivity index is 1.71. The molecule has 3 heteroatoms. The lowest BCUT2D eigenvalue weighted by Gasteiger charge is -2.37. The molecule has 0 spiro atoms. The standard InChI is InChI=1S/C15H22ClNO/c1-11(5-6-18)10-17-15-8-13(9-15)12-3-2-4-14(16)7-12/h2-4,7,11,13,15,17-18H,5-6,8-10H2,1H3. The molecule has 0 saturated heterocycles. The highest BCUT2D eigenvalue weighted by Crippen LogP contribution is 2.37. The number of halogens is 1. The van der Waals surface area contributed by atoms with Crippen LogP contribution in [0.1, 0.15) is 37.7 Å². The van der Waals surface area contributed by atoms with Crippen LogP contribution in [-0.4, -0.2) is 24.3 Å². The highest BCUT2D eigenvalue weighted by atomic mass is 35.5. The van der Waals surface area contributed by atoms with E-state index in [0.717, 1.165) is 18.0 Å². The Kier molecular flexibility index (Phi) is 5.04. The maximum Gasteiger partial charge on any atom is 0.0434 e. The fraction of sp³-hybridized carbons (Fsp3) is 0.600. The lowest BCUT2D eigenvalue weighted by molar-refractivity contribution is 0.240. The summed E-state index contributed by atoms with van der Waals surface area (Å²) < 4.78 is 0. The van der Waals surface area contributed by atoms with Gasteiger partial charge in [-0.2, -0.15) is 0 Å². The van der Waals surface area contributed by atoms with E-state index in [0.29, 0.717) is 24.5 Å². The Morgan fingerprint density at radius 1 is 1.44 bits per heavy atom. The van der Waals surface area contributed by atoms with E-state index >= 15 is 0 Å². The van der Waals surface area contributed by atoms with Gasteiger partial charge < -0.3 is 10.4 Å². The largest absolute Gasteiger partial charge is 0.396 e. The molecule has 1 saturated carbocycles. The number of rotatable bonds is 6. The van der Waals surface area contributed by atoms with Gasteiger partial charge in [-0.25, -0.2) is 0 Å². The third-order valence-corrected chi connectivity index (χ3v) is 4.07. The molecule has 1 fully saturated rings. The molecule has 1 atom stereocenters. The second-order valence-corrected chi connectivity index (χ2v) is 5.88. The van der Waals surface area contributed by atoms with Gasteiger partial charge in [0.1, 0.15) is 0 Å². The summed E-state index contributed by atoms with van der Waals surface area (Å²) in [4.78, 5) is 0. The molecule has 1 aromatic carbocycles. The molecule has 0 bridgehead atoms. The Labute approximate surface area is 114 Å². The summed E-state index contributed by atoms with van der Waals surface area (Å²) in [7, 11) is 0. The predicted molar refractivity (Wildman–Crippen MR) is 76.1 cm³/mol. The van der Waals surface area contributed by atoms with Gasteiger partial charge in [0.05, 0.1) is 0 Å². The smallest absolute Gasteiger partial charge is 0.0434 e. The zero-order valence-corrected chi connectivity index (χ0v) is 11.7. The van der Waals surface area contributed by atoms with Gasteiger partial charge in [-0.15, -0.1) is 0 Å². The maximum absolute atomic E-state index is 8.85. The topological polar surface area (TPSA) is 32.3 Å². The first-order chi connectivity index (χ1) is 8.69. The van der Waals surface area contributed by atoms with Gasteiger partial charge in [-0.05, 0) is 55.3 Å². The zero-order valence-electron chi connectivity index (χ0n) is 10.9. The van der Waals surface area contributed by atoms with Crippen LogP contribution in [0.5, 0.6) is 0 Å². The van der Waals surface area contributed by atoms with Gasteiger partial charge in [0.2, 0.25) is 0 Å². The van der Waals surface area contributed by atoms with Crippen LogP contribution in [0, 0.1) is 5.92 Å². The average molecular weight is 268 g/mol. The third-order valence-electron chi connectivity index (χ3n) is 3.84. The molecular formula is C15H22ClNO. The van der Waals surface area contributed by atoms with Crippen LogP contribution in [0.25, 0.3) is 0 Å². The summed E-state index contributed by atoms with van der Waals surface area (Å²) in [5.41, 5.74) is 1.36. The van der Waals surface area contributed by atoms with Gasteiger partial charge in [0, 0.05) is 17.7 Å². The molecule has 1 aliphatic rings. The van der Waals surface area contributed by atoms with Crippen molar-refractivity contribution in [1.29, 1.82) is 0 Å². The molecule has 2 rings (SSSR count). The first-order valence-electron chi connectivity index (χ1n) is 6.78. The van der Waals surface area contributed by atoms with E-state index in [1.807, 2.05) is 12.1 Å². The molecule has 1 aromatic rings. The summed E-state index contributed by atoms with van der Waals surface area (Å²) in [6, 6.07) is 8.84. The number of aliphatic hydroxyl groups excluding tert-OH is 1. The van der Waals surface area contributed by atoms with Crippen molar-refractivity contribution in [1.82, 2.24) is 5.32 Å². The van der Waals surface area contributed by atoms with E-state index in [2.05, 4.69) is 24.4 Å². The van der Waals surface area contributed by atoms with Gasteiger partial charge in [-0.3, -0.25) is 0 Å². The van der Waals surface area contributed by atoms with Crippen molar-refractivity contribution in [2.75, 3.05) is 13.2 Å². The van der Waals surface area contributed by atoms with Crippen molar-refractivity contribution in [3.8, 4) is 0 Å². The highest BCUT2D eigenvalue weighted by molar-refractivity contribution is 6.30.